The summed E-state index contributed by atoms with van der Waals surface area (Å²) in [7, 11) is 0. The van der Waals surface area contributed by atoms with Gasteiger partial charge < -0.3 is 10.6 Å². The number of carbonyl (C=O) groups excluding carboxylic acids is 1. The first kappa shape index (κ1) is 19.3. The molecule has 0 saturated carbocycles. The number of piperazine rings is 1. The minimum absolute atomic E-state index is 0. The Labute approximate surface area is 153 Å². The first-order valence-electron chi connectivity index (χ1n) is 8.12. The molecule has 0 spiro atoms. The largest absolute Gasteiger partial charge is 0.326 e. The van der Waals surface area contributed by atoms with Gasteiger partial charge in [-0.05, 0) is 29.8 Å². The highest BCUT2D eigenvalue weighted by Gasteiger charge is 2.24. The summed E-state index contributed by atoms with van der Waals surface area (Å²) in [4.78, 5) is 18.6. The van der Waals surface area contributed by atoms with Crippen molar-refractivity contribution in [1.82, 2.24) is 15.2 Å². The lowest BCUT2D eigenvalue weighted by Crippen LogP contribution is -2.46. The molecule has 3 rings (SSSR count). The van der Waals surface area contributed by atoms with Gasteiger partial charge in [0.15, 0.2) is 0 Å². The average Bonchev–Trinajstić information content (AvgIpc) is 2.61. The molecule has 1 aliphatic rings. The molecule has 2 heterocycles. The lowest BCUT2D eigenvalue weighted by molar-refractivity contribution is -0.116. The molecule has 1 saturated heterocycles. The van der Waals surface area contributed by atoms with Gasteiger partial charge in [-0.25, -0.2) is 4.39 Å². The van der Waals surface area contributed by atoms with Crippen molar-refractivity contribution >= 4 is 24.0 Å². The van der Waals surface area contributed by atoms with E-state index in [9.17, 15) is 9.18 Å². The summed E-state index contributed by atoms with van der Waals surface area (Å²) >= 11 is 0. The van der Waals surface area contributed by atoms with Gasteiger partial charge in [0, 0.05) is 56.7 Å². The summed E-state index contributed by atoms with van der Waals surface area (Å²) < 4.78 is 13.2. The fourth-order valence-corrected chi connectivity index (χ4v) is 2.95. The van der Waals surface area contributed by atoms with Crippen molar-refractivity contribution in [1.29, 1.82) is 0 Å². The maximum absolute atomic E-state index is 13.2. The first-order chi connectivity index (χ1) is 11.7. The van der Waals surface area contributed by atoms with Gasteiger partial charge in [-0.1, -0.05) is 12.1 Å². The number of carbonyl (C=O) groups is 1. The van der Waals surface area contributed by atoms with E-state index in [1.165, 1.54) is 12.1 Å². The van der Waals surface area contributed by atoms with E-state index >= 15 is 0 Å². The minimum Gasteiger partial charge on any atom is -0.326 e. The number of halogens is 2. The quantitative estimate of drug-likeness (QED) is 0.856. The van der Waals surface area contributed by atoms with Gasteiger partial charge in [-0.3, -0.25) is 14.7 Å². The maximum Gasteiger partial charge on any atom is 0.225 e. The van der Waals surface area contributed by atoms with Gasteiger partial charge in [0.25, 0.3) is 0 Å². The number of aromatic nitrogens is 1. The molecule has 7 heteroatoms. The van der Waals surface area contributed by atoms with Gasteiger partial charge in [0.05, 0.1) is 0 Å². The second kappa shape index (κ2) is 9.46. The van der Waals surface area contributed by atoms with Crippen LogP contribution in [0.25, 0.3) is 0 Å². The Balaban J connectivity index is 0.00000225. The summed E-state index contributed by atoms with van der Waals surface area (Å²) in [6, 6.07) is 10.2. The monoisotopic (exact) mass is 364 g/mol. The Morgan fingerprint density at radius 1 is 1.36 bits per heavy atom. The van der Waals surface area contributed by atoms with Crippen molar-refractivity contribution in [2.24, 2.45) is 0 Å². The van der Waals surface area contributed by atoms with Crippen LogP contribution in [0.15, 0.2) is 48.8 Å². The van der Waals surface area contributed by atoms with Crippen molar-refractivity contribution in [2.45, 2.75) is 12.5 Å². The first-order valence-corrected chi connectivity index (χ1v) is 8.12. The van der Waals surface area contributed by atoms with E-state index in [2.05, 4.69) is 26.6 Å². The fourth-order valence-electron chi connectivity index (χ4n) is 2.95. The van der Waals surface area contributed by atoms with Crippen molar-refractivity contribution in [2.75, 3.05) is 31.5 Å². The zero-order chi connectivity index (χ0) is 16.8. The predicted octanol–water partition coefficient (Wildman–Crippen LogP) is 2.62. The lowest BCUT2D eigenvalue weighted by atomic mass is 10.1. The molecule has 2 N–H and O–H groups in total. The molecular weight excluding hydrogens is 343 g/mol. The van der Waals surface area contributed by atoms with Crippen LogP contribution in [0.1, 0.15) is 18.0 Å². The summed E-state index contributed by atoms with van der Waals surface area (Å²) in [6.07, 6.45) is 4.00. The highest BCUT2D eigenvalue weighted by atomic mass is 35.5. The number of pyridine rings is 1. The number of rotatable bonds is 5. The summed E-state index contributed by atoms with van der Waals surface area (Å²) in [6.45, 7) is 3.29. The molecule has 1 aromatic carbocycles. The number of nitrogens with one attached hydrogen (secondary N) is 2. The molecule has 1 aliphatic heterocycles. The van der Waals surface area contributed by atoms with Gasteiger partial charge in [0.2, 0.25) is 5.91 Å². The Kier molecular flexibility index (Phi) is 7.31. The number of hydrogen-bond donors (Lipinski definition) is 2. The van der Waals surface area contributed by atoms with Crippen LogP contribution in [0.2, 0.25) is 0 Å². The highest BCUT2D eigenvalue weighted by molar-refractivity contribution is 5.90. The molecule has 1 unspecified atom stereocenters. The Morgan fingerprint density at radius 2 is 2.24 bits per heavy atom. The number of hydrogen-bond acceptors (Lipinski definition) is 4. The number of benzene rings is 1. The molecule has 134 valence electrons. The van der Waals surface area contributed by atoms with Crippen LogP contribution in [0.4, 0.5) is 10.1 Å². The second-order valence-corrected chi connectivity index (χ2v) is 5.85. The van der Waals surface area contributed by atoms with Crippen molar-refractivity contribution in [3.63, 3.8) is 0 Å². The van der Waals surface area contributed by atoms with Crippen LogP contribution in [-0.4, -0.2) is 42.0 Å². The fraction of sp³-hybridized carbons (Fsp3) is 0.333. The summed E-state index contributed by atoms with van der Waals surface area (Å²) in [5, 5.41) is 6.13. The van der Waals surface area contributed by atoms with Crippen molar-refractivity contribution in [3.05, 3.63) is 60.2 Å². The molecule has 2 aromatic rings. The SMILES string of the molecule is Cl.O=C(CCN1CCNCC1c1cccnc1)Nc1cccc(F)c1. The Bertz CT molecular complexity index is 686. The van der Waals surface area contributed by atoms with E-state index in [0.717, 1.165) is 25.2 Å². The van der Waals surface area contributed by atoms with E-state index in [1.54, 1.807) is 18.3 Å². The number of amides is 1. The lowest BCUT2D eigenvalue weighted by Gasteiger charge is -2.36. The predicted molar refractivity (Wildman–Crippen MR) is 98.3 cm³/mol. The molecule has 0 bridgehead atoms. The molecule has 5 nitrogen and oxygen atoms in total. The summed E-state index contributed by atoms with van der Waals surface area (Å²) in [5.74, 6) is -0.462. The van der Waals surface area contributed by atoms with Crippen LogP contribution in [-0.2, 0) is 4.79 Å². The van der Waals surface area contributed by atoms with Crippen LogP contribution < -0.4 is 10.6 Å². The number of anilines is 1. The van der Waals surface area contributed by atoms with Crippen LogP contribution in [0, 0.1) is 5.82 Å². The molecule has 0 aliphatic carbocycles. The third-order valence-electron chi connectivity index (χ3n) is 4.16. The van der Waals surface area contributed by atoms with Crippen LogP contribution in [0.5, 0.6) is 0 Å². The van der Waals surface area contributed by atoms with E-state index < -0.39 is 0 Å². The van der Waals surface area contributed by atoms with E-state index in [4.69, 9.17) is 0 Å². The topological polar surface area (TPSA) is 57.3 Å². The van der Waals surface area contributed by atoms with E-state index in [1.807, 2.05) is 12.3 Å². The van der Waals surface area contributed by atoms with Crippen LogP contribution >= 0.6 is 12.4 Å². The van der Waals surface area contributed by atoms with Crippen LogP contribution in [0.3, 0.4) is 0 Å². The third-order valence-corrected chi connectivity index (χ3v) is 4.16. The molecule has 1 fully saturated rings. The van der Waals surface area contributed by atoms with Gasteiger partial charge in [-0.15, -0.1) is 12.4 Å². The zero-order valence-electron chi connectivity index (χ0n) is 13.8. The van der Waals surface area contributed by atoms with Gasteiger partial charge in [-0.2, -0.15) is 0 Å². The average molecular weight is 365 g/mol. The van der Waals surface area contributed by atoms with E-state index in [0.29, 0.717) is 18.7 Å². The Morgan fingerprint density at radius 3 is 3.00 bits per heavy atom. The number of nitrogens with zero attached hydrogens (tertiary/aromatic N) is 2. The van der Waals surface area contributed by atoms with Gasteiger partial charge in [0.1, 0.15) is 5.82 Å². The van der Waals surface area contributed by atoms with Gasteiger partial charge >= 0.3 is 0 Å². The van der Waals surface area contributed by atoms with Crippen molar-refractivity contribution < 1.29 is 9.18 Å². The second-order valence-electron chi connectivity index (χ2n) is 5.85. The molecule has 0 radical (unpaired) electrons. The van der Waals surface area contributed by atoms with E-state index in [-0.39, 0.29) is 30.2 Å². The summed E-state index contributed by atoms with van der Waals surface area (Å²) in [5.41, 5.74) is 1.64. The molecule has 1 amide bonds. The molecule has 1 aromatic heterocycles. The molecular formula is C18H22ClFN4O. The zero-order valence-corrected chi connectivity index (χ0v) is 14.6. The standard InChI is InChI=1S/C18H21FN4O.ClH/c19-15-4-1-5-16(11-15)22-18(24)6-9-23-10-8-21-13-17(23)14-3-2-7-20-12-14;/h1-5,7,11-12,17,21H,6,8-10,13H2,(H,22,24);1H. The minimum atomic E-state index is -0.355. The normalized spacial score (nSPS) is 17.6. The highest BCUT2D eigenvalue weighted by Crippen LogP contribution is 2.21. The smallest absolute Gasteiger partial charge is 0.225 e. The van der Waals surface area contributed by atoms with Crippen molar-refractivity contribution in [3.8, 4) is 0 Å². The maximum atomic E-state index is 13.2. The molecule has 1 atom stereocenters. The third kappa shape index (κ3) is 5.49. The molecule has 25 heavy (non-hydrogen) atoms. The Hall–Kier alpha value is -2.02.